The summed E-state index contributed by atoms with van der Waals surface area (Å²) in [6.07, 6.45) is 3.86. The molecule has 0 saturated carbocycles. The molecule has 0 N–H and O–H groups in total. The van der Waals surface area contributed by atoms with Gasteiger partial charge in [0.25, 0.3) is 0 Å². The lowest BCUT2D eigenvalue weighted by atomic mass is 9.98. The molecule has 3 fully saturated rings. The van der Waals surface area contributed by atoms with E-state index >= 15 is 0 Å². The van der Waals surface area contributed by atoms with Crippen molar-refractivity contribution in [3.05, 3.63) is 48.3 Å². The lowest BCUT2D eigenvalue weighted by molar-refractivity contribution is -0.137. The molecule has 0 unspecified atom stereocenters. The summed E-state index contributed by atoms with van der Waals surface area (Å²) < 4.78 is 39.1. The maximum Gasteiger partial charge on any atom is 0.416 e. The number of nitrogens with zero attached hydrogens (tertiary/aromatic N) is 3. The monoisotopic (exact) mass is 375 g/mol. The normalized spacial score (nSPS) is 23.6. The van der Waals surface area contributed by atoms with E-state index in [2.05, 4.69) is 14.8 Å². The number of alkyl halides is 3. The number of benzene rings is 1. The van der Waals surface area contributed by atoms with Crippen LogP contribution in [0.15, 0.2) is 42.7 Å². The lowest BCUT2D eigenvalue weighted by Crippen LogP contribution is -2.47. The van der Waals surface area contributed by atoms with Gasteiger partial charge < -0.3 is 9.80 Å². The maximum absolute atomic E-state index is 13.0. The lowest BCUT2D eigenvalue weighted by Gasteiger charge is -2.41. The Morgan fingerprint density at radius 2 is 1.67 bits per heavy atom. The third-order valence-corrected chi connectivity index (χ3v) is 5.70. The smallest absolute Gasteiger partial charge is 0.366 e. The molecule has 4 heterocycles. The van der Waals surface area contributed by atoms with E-state index in [1.54, 1.807) is 12.3 Å². The number of hydrogen-bond acceptors (Lipinski definition) is 3. The molecular formula is C21H24F3N3. The summed E-state index contributed by atoms with van der Waals surface area (Å²) in [5, 5.41) is 0. The van der Waals surface area contributed by atoms with E-state index in [4.69, 9.17) is 0 Å². The van der Waals surface area contributed by atoms with Gasteiger partial charge in [0.05, 0.1) is 17.4 Å². The van der Waals surface area contributed by atoms with E-state index in [9.17, 15) is 13.2 Å². The summed E-state index contributed by atoms with van der Waals surface area (Å²) in [6, 6.07) is 7.97. The van der Waals surface area contributed by atoms with Gasteiger partial charge in [-0.3, -0.25) is 4.98 Å². The zero-order chi connectivity index (χ0) is 18.9. The van der Waals surface area contributed by atoms with E-state index in [0.29, 0.717) is 11.6 Å². The van der Waals surface area contributed by atoms with Crippen LogP contribution in [0.4, 0.5) is 18.9 Å². The number of pyridine rings is 1. The third-order valence-electron chi connectivity index (χ3n) is 5.70. The second-order valence-electron chi connectivity index (χ2n) is 7.48. The van der Waals surface area contributed by atoms with E-state index in [0.717, 1.165) is 43.2 Å². The molecule has 2 bridgehead atoms. The summed E-state index contributed by atoms with van der Waals surface area (Å²) in [4.78, 5) is 9.28. The van der Waals surface area contributed by atoms with Gasteiger partial charge in [-0.1, -0.05) is 12.1 Å². The van der Waals surface area contributed by atoms with Crippen LogP contribution in [0.1, 0.15) is 31.2 Å². The first-order valence-corrected chi connectivity index (χ1v) is 9.62. The summed E-state index contributed by atoms with van der Waals surface area (Å²) in [7, 11) is 0. The van der Waals surface area contributed by atoms with Crippen molar-refractivity contribution in [1.29, 1.82) is 0 Å². The van der Waals surface area contributed by atoms with Gasteiger partial charge in [-0.2, -0.15) is 13.2 Å². The molecule has 144 valence electrons. The van der Waals surface area contributed by atoms with E-state index < -0.39 is 11.7 Å². The van der Waals surface area contributed by atoms with Gasteiger partial charge in [0.15, 0.2) is 0 Å². The van der Waals surface area contributed by atoms with Crippen molar-refractivity contribution in [2.24, 2.45) is 0 Å². The van der Waals surface area contributed by atoms with Gasteiger partial charge in [0, 0.05) is 30.9 Å². The molecule has 1 aromatic heterocycles. The summed E-state index contributed by atoms with van der Waals surface area (Å²) >= 11 is 0. The quantitative estimate of drug-likeness (QED) is 0.749. The Morgan fingerprint density at radius 3 is 2.41 bits per heavy atom. The minimum atomic E-state index is -4.34. The molecule has 1 aromatic carbocycles. The Hall–Kier alpha value is -2.08. The second-order valence-corrected chi connectivity index (χ2v) is 7.48. The Labute approximate surface area is 157 Å². The molecule has 27 heavy (non-hydrogen) atoms. The predicted octanol–water partition coefficient (Wildman–Crippen LogP) is 4.83. The zero-order valence-corrected chi connectivity index (χ0v) is 15.3. The van der Waals surface area contributed by atoms with Gasteiger partial charge in [-0.25, -0.2) is 0 Å². The summed E-state index contributed by atoms with van der Waals surface area (Å²) in [5.41, 5.74) is 1.67. The van der Waals surface area contributed by atoms with Crippen molar-refractivity contribution in [3.63, 3.8) is 0 Å². The van der Waals surface area contributed by atoms with Crippen LogP contribution in [-0.2, 0) is 6.18 Å². The van der Waals surface area contributed by atoms with Crippen LogP contribution < -0.4 is 4.90 Å². The Kier molecular flexibility index (Phi) is 5.08. The molecule has 3 aliphatic rings. The summed E-state index contributed by atoms with van der Waals surface area (Å²) in [5.74, 6) is 0. The van der Waals surface area contributed by atoms with Crippen molar-refractivity contribution in [2.45, 2.75) is 37.9 Å². The molecule has 3 saturated heterocycles. The molecule has 3 nitrogen and oxygen atoms in total. The number of hydrogen-bond donors (Lipinski definition) is 0. The van der Waals surface area contributed by atoms with Crippen molar-refractivity contribution in [1.82, 2.24) is 9.88 Å². The van der Waals surface area contributed by atoms with Crippen molar-refractivity contribution in [3.8, 4) is 11.1 Å². The van der Waals surface area contributed by atoms with Crippen LogP contribution >= 0.6 is 0 Å². The molecule has 5 rings (SSSR count). The minimum Gasteiger partial charge on any atom is -0.366 e. The van der Waals surface area contributed by atoms with Gasteiger partial charge in [0.2, 0.25) is 0 Å². The first kappa shape index (κ1) is 18.3. The van der Waals surface area contributed by atoms with Crippen molar-refractivity contribution >= 4 is 5.69 Å². The van der Waals surface area contributed by atoms with Gasteiger partial charge in [-0.05, 0) is 62.5 Å². The molecule has 2 aromatic rings. The largest absolute Gasteiger partial charge is 0.416 e. The molecule has 3 aliphatic heterocycles. The number of rotatable bonds is 2. The molecular weight excluding hydrogens is 351 g/mol. The molecule has 6 heteroatoms. The molecule has 0 spiro atoms. The number of anilines is 1. The van der Waals surface area contributed by atoms with Crippen LogP contribution in [0.2, 0.25) is 0 Å². The molecule has 0 aliphatic carbocycles. The topological polar surface area (TPSA) is 19.4 Å². The molecule has 0 atom stereocenters. The summed E-state index contributed by atoms with van der Waals surface area (Å²) in [6.45, 7) is 4.32. The van der Waals surface area contributed by atoms with Crippen LogP contribution in [-0.4, -0.2) is 42.1 Å². The first-order chi connectivity index (χ1) is 13.0. The van der Waals surface area contributed by atoms with Crippen molar-refractivity contribution < 1.29 is 13.2 Å². The average Bonchev–Trinajstić information content (AvgIpc) is 2.60. The maximum atomic E-state index is 13.0. The fraction of sp³-hybridized carbons (Fsp3) is 0.476. The Bertz CT molecular complexity index is 780. The van der Waals surface area contributed by atoms with E-state index in [1.165, 1.54) is 38.1 Å². The van der Waals surface area contributed by atoms with E-state index in [-0.39, 0.29) is 0 Å². The van der Waals surface area contributed by atoms with Crippen LogP contribution in [0.5, 0.6) is 0 Å². The van der Waals surface area contributed by atoms with Crippen LogP contribution in [0, 0.1) is 0 Å². The first-order valence-electron chi connectivity index (χ1n) is 9.62. The fourth-order valence-corrected chi connectivity index (χ4v) is 4.28. The van der Waals surface area contributed by atoms with Crippen LogP contribution in [0.25, 0.3) is 11.1 Å². The molecule has 0 radical (unpaired) electrons. The minimum absolute atomic E-state index is 0.492. The van der Waals surface area contributed by atoms with Gasteiger partial charge in [-0.15, -0.1) is 0 Å². The standard InChI is InChI=1S/C21H24F3N3/c22-21(23,24)18-5-1-4-16(12-18)17-13-20(15-25-14-17)27-11-10-26-8-2-6-19(27)7-3-9-26/h1,4-5,12-15,19H,2-3,6-11H2. The third kappa shape index (κ3) is 4.10. The highest BCUT2D eigenvalue weighted by atomic mass is 19.4. The number of aromatic nitrogens is 1. The second kappa shape index (κ2) is 7.50. The van der Waals surface area contributed by atoms with Gasteiger partial charge >= 0.3 is 6.18 Å². The average molecular weight is 375 g/mol. The Balaban J connectivity index is 1.64. The SMILES string of the molecule is FC(F)(F)c1cccc(-c2cncc(N3CCN4CCCC3CCC4)c2)c1. The highest BCUT2D eigenvalue weighted by Gasteiger charge is 2.30. The predicted molar refractivity (Wildman–Crippen MR) is 101 cm³/mol. The zero-order valence-electron chi connectivity index (χ0n) is 15.3. The van der Waals surface area contributed by atoms with Gasteiger partial charge in [0.1, 0.15) is 0 Å². The number of halogens is 3. The fourth-order valence-electron chi connectivity index (χ4n) is 4.28. The van der Waals surface area contributed by atoms with E-state index in [1.807, 2.05) is 12.3 Å². The number of fused-ring (bicyclic) bond motifs is 6. The molecule has 0 amide bonds. The highest BCUT2D eigenvalue weighted by Crippen LogP contribution is 2.33. The van der Waals surface area contributed by atoms with Crippen molar-refractivity contribution in [2.75, 3.05) is 31.1 Å². The highest BCUT2D eigenvalue weighted by molar-refractivity contribution is 5.68. The van der Waals surface area contributed by atoms with Crippen LogP contribution in [0.3, 0.4) is 0 Å². The Morgan fingerprint density at radius 1 is 0.889 bits per heavy atom.